The standard InChI is InChI=1S/C13H13N5O4S/c1-21-11-6-9(12(22-2)16-15-11)10-5-4-8-7-14-13(17-18(8)10)23(3,19)20/h4-7H,1-3H3. The Morgan fingerprint density at radius 3 is 2.57 bits per heavy atom. The molecule has 3 aromatic rings. The molecule has 0 aromatic carbocycles. The van der Waals surface area contributed by atoms with Gasteiger partial charge in [-0.05, 0) is 12.1 Å². The monoisotopic (exact) mass is 335 g/mol. The summed E-state index contributed by atoms with van der Waals surface area (Å²) in [4.78, 5) is 3.86. The van der Waals surface area contributed by atoms with Crippen molar-refractivity contribution in [3.8, 4) is 23.0 Å². The molecule has 0 aliphatic carbocycles. The summed E-state index contributed by atoms with van der Waals surface area (Å²) in [5.41, 5.74) is 1.78. The third-order valence-corrected chi connectivity index (χ3v) is 3.98. The molecular weight excluding hydrogens is 322 g/mol. The molecule has 0 spiro atoms. The average molecular weight is 335 g/mol. The zero-order valence-electron chi connectivity index (χ0n) is 12.6. The lowest BCUT2D eigenvalue weighted by atomic mass is 10.2. The van der Waals surface area contributed by atoms with Crippen molar-refractivity contribution in [2.45, 2.75) is 5.16 Å². The van der Waals surface area contributed by atoms with Crippen molar-refractivity contribution < 1.29 is 17.9 Å². The molecule has 0 radical (unpaired) electrons. The van der Waals surface area contributed by atoms with E-state index in [1.807, 2.05) is 0 Å². The van der Waals surface area contributed by atoms with Gasteiger partial charge in [0.2, 0.25) is 21.6 Å². The first-order valence-corrected chi connectivity index (χ1v) is 8.34. The van der Waals surface area contributed by atoms with Gasteiger partial charge in [-0.3, -0.25) is 0 Å². The fourth-order valence-electron chi connectivity index (χ4n) is 2.06. The van der Waals surface area contributed by atoms with E-state index in [9.17, 15) is 8.42 Å². The predicted molar refractivity (Wildman–Crippen MR) is 80.2 cm³/mol. The van der Waals surface area contributed by atoms with Crippen LogP contribution in [0.25, 0.3) is 16.8 Å². The molecule has 3 aromatic heterocycles. The Kier molecular flexibility index (Phi) is 3.60. The van der Waals surface area contributed by atoms with E-state index in [4.69, 9.17) is 9.47 Å². The molecule has 0 bridgehead atoms. The molecular formula is C13H13N5O4S. The van der Waals surface area contributed by atoms with Crippen molar-refractivity contribution in [3.05, 3.63) is 24.4 Å². The normalized spacial score (nSPS) is 11.6. The Balaban J connectivity index is 2.28. The number of fused-ring (bicyclic) bond motifs is 1. The molecule has 0 saturated carbocycles. The summed E-state index contributed by atoms with van der Waals surface area (Å²) < 4.78 is 35.1. The molecule has 3 heterocycles. The third-order valence-electron chi connectivity index (χ3n) is 3.13. The van der Waals surface area contributed by atoms with Gasteiger partial charge in [-0.1, -0.05) is 0 Å². The summed E-state index contributed by atoms with van der Waals surface area (Å²) in [6.07, 6.45) is 2.49. The van der Waals surface area contributed by atoms with E-state index in [0.29, 0.717) is 22.7 Å². The molecule has 3 rings (SSSR count). The van der Waals surface area contributed by atoms with Crippen LogP contribution in [0.2, 0.25) is 0 Å². The van der Waals surface area contributed by atoms with Crippen LogP contribution in [0.4, 0.5) is 0 Å². The minimum Gasteiger partial charge on any atom is -0.480 e. The zero-order valence-corrected chi connectivity index (χ0v) is 13.4. The van der Waals surface area contributed by atoms with Crippen LogP contribution in [0.5, 0.6) is 11.8 Å². The molecule has 0 amide bonds. The van der Waals surface area contributed by atoms with E-state index in [1.165, 1.54) is 24.9 Å². The summed E-state index contributed by atoms with van der Waals surface area (Å²) in [7, 11) is -0.589. The van der Waals surface area contributed by atoms with Crippen molar-refractivity contribution in [2.75, 3.05) is 20.5 Å². The molecule has 9 nitrogen and oxygen atoms in total. The molecule has 23 heavy (non-hydrogen) atoms. The lowest BCUT2D eigenvalue weighted by Gasteiger charge is -2.08. The van der Waals surface area contributed by atoms with Gasteiger partial charge in [-0.25, -0.2) is 17.9 Å². The minimum atomic E-state index is -3.53. The van der Waals surface area contributed by atoms with E-state index >= 15 is 0 Å². The summed E-state index contributed by atoms with van der Waals surface area (Å²) in [6.45, 7) is 0. The molecule has 0 aliphatic heterocycles. The highest BCUT2D eigenvalue weighted by Crippen LogP contribution is 2.30. The number of ether oxygens (including phenoxy) is 2. The van der Waals surface area contributed by atoms with E-state index < -0.39 is 9.84 Å². The maximum Gasteiger partial charge on any atom is 0.265 e. The van der Waals surface area contributed by atoms with Crippen LogP contribution in [0.1, 0.15) is 0 Å². The van der Waals surface area contributed by atoms with Gasteiger partial charge in [0.1, 0.15) is 0 Å². The largest absolute Gasteiger partial charge is 0.480 e. The average Bonchev–Trinajstić information content (AvgIpc) is 2.96. The van der Waals surface area contributed by atoms with Crippen molar-refractivity contribution in [1.82, 2.24) is 24.8 Å². The van der Waals surface area contributed by atoms with Crippen LogP contribution < -0.4 is 9.47 Å². The molecule has 0 aliphatic rings. The highest BCUT2D eigenvalue weighted by atomic mass is 32.2. The summed E-state index contributed by atoms with van der Waals surface area (Å²) in [5.74, 6) is 0.568. The minimum absolute atomic E-state index is 0.268. The lowest BCUT2D eigenvalue weighted by molar-refractivity contribution is 0.369. The molecule has 0 N–H and O–H groups in total. The van der Waals surface area contributed by atoms with Crippen LogP contribution in [-0.4, -0.2) is 53.7 Å². The Morgan fingerprint density at radius 1 is 1.13 bits per heavy atom. The van der Waals surface area contributed by atoms with Gasteiger partial charge in [0.25, 0.3) is 5.16 Å². The van der Waals surface area contributed by atoms with Crippen molar-refractivity contribution in [2.24, 2.45) is 0 Å². The number of hydrogen-bond donors (Lipinski definition) is 0. The number of rotatable bonds is 4. The highest BCUT2D eigenvalue weighted by Gasteiger charge is 2.17. The number of nitrogens with zero attached hydrogens (tertiary/aromatic N) is 5. The number of sulfone groups is 1. The molecule has 0 fully saturated rings. The molecule has 0 saturated heterocycles. The van der Waals surface area contributed by atoms with Gasteiger partial charge < -0.3 is 9.47 Å². The third kappa shape index (κ3) is 2.68. The van der Waals surface area contributed by atoms with Gasteiger partial charge >= 0.3 is 0 Å². The first-order valence-electron chi connectivity index (χ1n) is 6.45. The first kappa shape index (κ1) is 15.2. The van der Waals surface area contributed by atoms with Crippen molar-refractivity contribution in [1.29, 1.82) is 0 Å². The van der Waals surface area contributed by atoms with E-state index in [-0.39, 0.29) is 11.0 Å². The van der Waals surface area contributed by atoms with E-state index in [2.05, 4.69) is 20.3 Å². The van der Waals surface area contributed by atoms with E-state index in [1.54, 1.807) is 18.2 Å². The zero-order chi connectivity index (χ0) is 16.6. The van der Waals surface area contributed by atoms with Crippen LogP contribution in [0.15, 0.2) is 29.6 Å². The lowest BCUT2D eigenvalue weighted by Crippen LogP contribution is -2.08. The van der Waals surface area contributed by atoms with Crippen LogP contribution in [0, 0.1) is 0 Å². The SMILES string of the molecule is COc1cc(-c2ccc3cnc(S(C)(=O)=O)nn23)c(OC)nn1. The van der Waals surface area contributed by atoms with E-state index in [0.717, 1.165) is 6.26 Å². The number of methoxy groups -OCH3 is 2. The van der Waals surface area contributed by atoms with Gasteiger partial charge in [-0.15, -0.1) is 15.3 Å². The quantitative estimate of drug-likeness (QED) is 0.682. The Hall–Kier alpha value is -2.75. The summed E-state index contributed by atoms with van der Waals surface area (Å²) >= 11 is 0. The van der Waals surface area contributed by atoms with Crippen LogP contribution in [0.3, 0.4) is 0 Å². The first-order chi connectivity index (χ1) is 10.9. The second kappa shape index (κ2) is 5.47. The Labute approximate surface area is 131 Å². The number of aromatic nitrogens is 5. The second-order valence-corrected chi connectivity index (χ2v) is 6.59. The van der Waals surface area contributed by atoms with Crippen molar-refractivity contribution >= 4 is 15.4 Å². The van der Waals surface area contributed by atoms with Crippen molar-refractivity contribution in [3.63, 3.8) is 0 Å². The number of hydrogen-bond acceptors (Lipinski definition) is 8. The van der Waals surface area contributed by atoms with Gasteiger partial charge in [0.15, 0.2) is 0 Å². The topological polar surface area (TPSA) is 109 Å². The molecule has 0 unspecified atom stereocenters. The second-order valence-electron chi connectivity index (χ2n) is 4.68. The fraction of sp³-hybridized carbons (Fsp3) is 0.231. The van der Waals surface area contributed by atoms with Crippen LogP contribution >= 0.6 is 0 Å². The summed E-state index contributed by atoms with van der Waals surface area (Å²) in [6, 6.07) is 5.15. The predicted octanol–water partition coefficient (Wildman–Crippen LogP) is 0.607. The Morgan fingerprint density at radius 2 is 1.91 bits per heavy atom. The molecule has 120 valence electrons. The highest BCUT2D eigenvalue weighted by molar-refractivity contribution is 7.90. The summed E-state index contributed by atoms with van der Waals surface area (Å²) in [5, 5.41) is 11.6. The maximum atomic E-state index is 11.7. The van der Waals surface area contributed by atoms with Gasteiger partial charge in [0.05, 0.1) is 37.2 Å². The Bertz CT molecular complexity index is 983. The molecule has 10 heteroatoms. The maximum absolute atomic E-state index is 11.7. The van der Waals surface area contributed by atoms with Crippen LogP contribution in [-0.2, 0) is 9.84 Å². The molecule has 0 atom stereocenters. The van der Waals surface area contributed by atoms with Gasteiger partial charge in [0, 0.05) is 12.3 Å². The van der Waals surface area contributed by atoms with Gasteiger partial charge in [-0.2, -0.15) is 0 Å². The fourth-order valence-corrected chi connectivity index (χ4v) is 2.53. The smallest absolute Gasteiger partial charge is 0.265 e.